The first-order valence-corrected chi connectivity index (χ1v) is 5.79. The van der Waals surface area contributed by atoms with E-state index in [1.54, 1.807) is 6.07 Å². The van der Waals surface area contributed by atoms with Crippen molar-refractivity contribution in [1.29, 1.82) is 0 Å². The number of nitrogens with one attached hydrogen (secondary N) is 1. The molecule has 0 fully saturated rings. The monoisotopic (exact) mass is 225 g/mol. The highest BCUT2D eigenvalue weighted by atomic mass is 19.1. The summed E-state index contributed by atoms with van der Waals surface area (Å²) < 4.78 is 18.6. The predicted molar refractivity (Wildman–Crippen MR) is 64.4 cm³/mol. The Labute approximate surface area is 96.8 Å². The summed E-state index contributed by atoms with van der Waals surface area (Å²) in [4.78, 5) is 0. The molecule has 0 saturated heterocycles. The zero-order valence-electron chi connectivity index (χ0n) is 10.2. The Morgan fingerprint density at radius 3 is 2.75 bits per heavy atom. The molecular weight excluding hydrogens is 205 g/mol. The first kappa shape index (κ1) is 13.0. The van der Waals surface area contributed by atoms with Crippen molar-refractivity contribution in [2.24, 2.45) is 0 Å². The normalized spacial score (nSPS) is 12.5. The first-order chi connectivity index (χ1) is 7.67. The fraction of sp³-hybridized carbons (Fsp3) is 0.538. The third kappa shape index (κ3) is 3.81. The number of likely N-dealkylation sites (N-methyl/N-ethyl adjacent to an activating group) is 1. The maximum Gasteiger partial charge on any atom is 0.126 e. The van der Waals surface area contributed by atoms with Gasteiger partial charge in [0.05, 0.1) is 0 Å². The van der Waals surface area contributed by atoms with E-state index in [1.807, 2.05) is 6.92 Å². The molecule has 1 unspecified atom stereocenters. The van der Waals surface area contributed by atoms with Crippen LogP contribution in [0.5, 0.6) is 5.75 Å². The Balaban J connectivity index is 2.55. The standard InChI is InChI=1S/C13H20FNO/c1-4-12(15-5-2)9-16-13-8-11(14)7-6-10(13)3/h6-8,12,15H,4-5,9H2,1-3H3. The summed E-state index contributed by atoms with van der Waals surface area (Å²) in [6, 6.07) is 4.95. The van der Waals surface area contributed by atoms with Crippen molar-refractivity contribution < 1.29 is 9.13 Å². The molecule has 1 N–H and O–H groups in total. The smallest absolute Gasteiger partial charge is 0.126 e. The molecule has 1 aromatic rings. The molecule has 2 nitrogen and oxygen atoms in total. The average molecular weight is 225 g/mol. The van der Waals surface area contributed by atoms with Crippen molar-refractivity contribution in [2.45, 2.75) is 33.2 Å². The molecule has 0 heterocycles. The van der Waals surface area contributed by atoms with Gasteiger partial charge in [0.1, 0.15) is 18.2 Å². The van der Waals surface area contributed by atoms with Crippen LogP contribution in [-0.4, -0.2) is 19.2 Å². The Morgan fingerprint density at radius 2 is 2.12 bits per heavy atom. The van der Waals surface area contributed by atoms with Gasteiger partial charge in [-0.05, 0) is 31.5 Å². The van der Waals surface area contributed by atoms with Crippen molar-refractivity contribution in [2.75, 3.05) is 13.2 Å². The lowest BCUT2D eigenvalue weighted by Gasteiger charge is -2.17. The lowest BCUT2D eigenvalue weighted by atomic mass is 10.2. The van der Waals surface area contributed by atoms with Crippen LogP contribution >= 0.6 is 0 Å². The summed E-state index contributed by atoms with van der Waals surface area (Å²) in [6.07, 6.45) is 1.00. The van der Waals surface area contributed by atoms with Crippen LogP contribution < -0.4 is 10.1 Å². The number of rotatable bonds is 6. The summed E-state index contributed by atoms with van der Waals surface area (Å²) >= 11 is 0. The predicted octanol–water partition coefficient (Wildman–Crippen LogP) is 2.90. The highest BCUT2D eigenvalue weighted by Gasteiger charge is 2.07. The van der Waals surface area contributed by atoms with Gasteiger partial charge in [0.25, 0.3) is 0 Å². The quantitative estimate of drug-likeness (QED) is 0.803. The molecule has 90 valence electrons. The van der Waals surface area contributed by atoms with E-state index in [2.05, 4.69) is 19.2 Å². The molecule has 0 aliphatic carbocycles. The van der Waals surface area contributed by atoms with Gasteiger partial charge >= 0.3 is 0 Å². The third-order valence-electron chi connectivity index (χ3n) is 2.58. The molecule has 1 rings (SSSR count). The van der Waals surface area contributed by atoms with Crippen LogP contribution in [0.25, 0.3) is 0 Å². The van der Waals surface area contributed by atoms with E-state index >= 15 is 0 Å². The molecule has 0 aliphatic rings. The highest BCUT2D eigenvalue weighted by Crippen LogP contribution is 2.18. The molecule has 0 bridgehead atoms. The van der Waals surface area contributed by atoms with Crippen molar-refractivity contribution in [3.05, 3.63) is 29.6 Å². The van der Waals surface area contributed by atoms with E-state index in [0.29, 0.717) is 18.4 Å². The molecule has 16 heavy (non-hydrogen) atoms. The second kappa shape index (κ2) is 6.48. The number of hydrogen-bond acceptors (Lipinski definition) is 2. The Bertz CT molecular complexity index is 328. The Hall–Kier alpha value is -1.09. The van der Waals surface area contributed by atoms with Gasteiger partial charge in [0, 0.05) is 12.1 Å². The second-order valence-electron chi connectivity index (χ2n) is 3.88. The zero-order chi connectivity index (χ0) is 12.0. The molecule has 0 radical (unpaired) electrons. The molecule has 0 aromatic heterocycles. The van der Waals surface area contributed by atoms with Gasteiger partial charge in [-0.15, -0.1) is 0 Å². The zero-order valence-corrected chi connectivity index (χ0v) is 10.2. The summed E-state index contributed by atoms with van der Waals surface area (Å²) in [5.74, 6) is 0.383. The van der Waals surface area contributed by atoms with Gasteiger partial charge in [-0.25, -0.2) is 4.39 Å². The van der Waals surface area contributed by atoms with Crippen LogP contribution in [0.4, 0.5) is 4.39 Å². The number of hydrogen-bond donors (Lipinski definition) is 1. The number of ether oxygens (including phenoxy) is 1. The second-order valence-corrected chi connectivity index (χ2v) is 3.88. The number of halogens is 1. The van der Waals surface area contributed by atoms with E-state index < -0.39 is 0 Å². The van der Waals surface area contributed by atoms with Crippen LogP contribution in [-0.2, 0) is 0 Å². The highest BCUT2D eigenvalue weighted by molar-refractivity contribution is 5.32. The minimum Gasteiger partial charge on any atom is -0.492 e. The minimum atomic E-state index is -0.253. The first-order valence-electron chi connectivity index (χ1n) is 5.79. The van der Waals surface area contributed by atoms with E-state index in [4.69, 9.17) is 4.74 Å². The van der Waals surface area contributed by atoms with Gasteiger partial charge in [0.2, 0.25) is 0 Å². The molecule has 1 atom stereocenters. The molecule has 0 amide bonds. The van der Waals surface area contributed by atoms with Crippen molar-refractivity contribution in [1.82, 2.24) is 5.32 Å². The summed E-state index contributed by atoms with van der Waals surface area (Å²) in [7, 11) is 0. The molecule has 3 heteroatoms. The number of benzene rings is 1. The number of aryl methyl sites for hydroxylation is 1. The fourth-order valence-corrected chi connectivity index (χ4v) is 1.53. The average Bonchev–Trinajstić information content (AvgIpc) is 2.28. The fourth-order valence-electron chi connectivity index (χ4n) is 1.53. The van der Waals surface area contributed by atoms with Crippen LogP contribution in [0.15, 0.2) is 18.2 Å². The third-order valence-corrected chi connectivity index (χ3v) is 2.58. The molecule has 0 saturated carbocycles. The van der Waals surface area contributed by atoms with Gasteiger partial charge < -0.3 is 10.1 Å². The molecular formula is C13H20FNO. The molecule has 0 spiro atoms. The van der Waals surface area contributed by atoms with E-state index in [0.717, 1.165) is 18.5 Å². The van der Waals surface area contributed by atoms with Gasteiger partial charge in [-0.3, -0.25) is 0 Å². The Kier molecular flexibility index (Phi) is 5.26. The molecule has 0 aliphatic heterocycles. The molecule has 1 aromatic carbocycles. The maximum atomic E-state index is 13.0. The Morgan fingerprint density at radius 1 is 1.38 bits per heavy atom. The van der Waals surface area contributed by atoms with Gasteiger partial charge in [-0.1, -0.05) is 19.9 Å². The minimum absolute atomic E-state index is 0.253. The lowest BCUT2D eigenvalue weighted by Crippen LogP contribution is -2.33. The van der Waals surface area contributed by atoms with E-state index in [1.165, 1.54) is 12.1 Å². The van der Waals surface area contributed by atoms with Crippen LogP contribution in [0.3, 0.4) is 0 Å². The van der Waals surface area contributed by atoms with E-state index in [9.17, 15) is 4.39 Å². The van der Waals surface area contributed by atoms with Gasteiger partial charge in [-0.2, -0.15) is 0 Å². The summed E-state index contributed by atoms with van der Waals surface area (Å²) in [5.41, 5.74) is 0.966. The van der Waals surface area contributed by atoms with Crippen LogP contribution in [0, 0.1) is 12.7 Å². The van der Waals surface area contributed by atoms with Gasteiger partial charge in [0.15, 0.2) is 0 Å². The van der Waals surface area contributed by atoms with Crippen molar-refractivity contribution in [3.63, 3.8) is 0 Å². The van der Waals surface area contributed by atoms with Crippen LogP contribution in [0.2, 0.25) is 0 Å². The largest absolute Gasteiger partial charge is 0.492 e. The topological polar surface area (TPSA) is 21.3 Å². The van der Waals surface area contributed by atoms with E-state index in [-0.39, 0.29) is 5.82 Å². The summed E-state index contributed by atoms with van der Waals surface area (Å²) in [6.45, 7) is 7.59. The SMILES string of the molecule is CCNC(CC)COc1cc(F)ccc1C. The van der Waals surface area contributed by atoms with Crippen LogP contribution in [0.1, 0.15) is 25.8 Å². The summed E-state index contributed by atoms with van der Waals surface area (Å²) in [5, 5.41) is 3.32. The van der Waals surface area contributed by atoms with Crippen molar-refractivity contribution >= 4 is 0 Å². The maximum absolute atomic E-state index is 13.0. The lowest BCUT2D eigenvalue weighted by molar-refractivity contribution is 0.260. The van der Waals surface area contributed by atoms with Crippen molar-refractivity contribution in [3.8, 4) is 5.75 Å².